The number of pyridine rings is 2. The van der Waals surface area contributed by atoms with Crippen LogP contribution in [0.4, 0.5) is 10.2 Å². The second kappa shape index (κ2) is 7.48. The third-order valence-electron chi connectivity index (χ3n) is 6.21. The normalized spacial score (nSPS) is 28.4. The van der Waals surface area contributed by atoms with Gasteiger partial charge in [0.1, 0.15) is 39.1 Å². The average molecular weight is 479 g/mol. The molecule has 0 unspecified atom stereocenters. The molecule has 1 amide bonds. The van der Waals surface area contributed by atoms with Crippen molar-refractivity contribution in [3.8, 4) is 0 Å². The second-order valence-corrected chi connectivity index (χ2v) is 12.1. The molecule has 170 valence electrons. The van der Waals surface area contributed by atoms with Crippen LogP contribution in [-0.4, -0.2) is 42.5 Å². The molecule has 0 spiro atoms. The Bertz CT molecular complexity index is 1290. The molecular weight excluding hydrogens is 455 g/mol. The van der Waals surface area contributed by atoms with Gasteiger partial charge in [-0.1, -0.05) is 11.6 Å². The largest absolute Gasteiger partial charge is 0.386 e. The van der Waals surface area contributed by atoms with Gasteiger partial charge in [-0.2, -0.15) is 0 Å². The molecule has 0 aromatic carbocycles. The van der Waals surface area contributed by atoms with E-state index in [2.05, 4.69) is 24.6 Å². The van der Waals surface area contributed by atoms with E-state index < -0.39 is 37.0 Å². The Morgan fingerprint density at radius 3 is 2.75 bits per heavy atom. The van der Waals surface area contributed by atoms with Gasteiger partial charge in [-0.25, -0.2) is 22.9 Å². The Morgan fingerprint density at radius 1 is 1.34 bits per heavy atom. The monoisotopic (exact) mass is 478 g/mol. The summed E-state index contributed by atoms with van der Waals surface area (Å²) in [5.74, 6) is -0.884. The molecule has 2 aliphatic rings. The highest BCUT2D eigenvalue weighted by Crippen LogP contribution is 2.47. The number of nitrogens with two attached hydrogens (primary N) is 1. The summed E-state index contributed by atoms with van der Waals surface area (Å²) in [6.07, 6.45) is 1.84. The van der Waals surface area contributed by atoms with E-state index in [0.29, 0.717) is 23.6 Å². The lowest BCUT2D eigenvalue weighted by Gasteiger charge is -2.44. The number of aromatic nitrogens is 2. The van der Waals surface area contributed by atoms with Crippen molar-refractivity contribution in [1.82, 2.24) is 9.97 Å². The summed E-state index contributed by atoms with van der Waals surface area (Å²) in [5.41, 5.74) is 5.64. The van der Waals surface area contributed by atoms with Gasteiger partial charge in [-0.3, -0.25) is 9.79 Å². The van der Waals surface area contributed by atoms with Gasteiger partial charge < -0.3 is 11.1 Å². The van der Waals surface area contributed by atoms with E-state index in [4.69, 9.17) is 17.3 Å². The highest BCUT2D eigenvalue weighted by Gasteiger charge is 2.57. The molecule has 2 aromatic heterocycles. The predicted molar refractivity (Wildman–Crippen MR) is 123 cm³/mol. The molecule has 0 saturated carbocycles. The van der Waals surface area contributed by atoms with Crippen molar-refractivity contribution >= 4 is 38.9 Å². The Labute approximate surface area is 191 Å². The number of fused-ring (bicyclic) bond motifs is 1. The van der Waals surface area contributed by atoms with E-state index in [1.165, 1.54) is 18.3 Å². The summed E-state index contributed by atoms with van der Waals surface area (Å²) in [6, 6.07) is 4.17. The summed E-state index contributed by atoms with van der Waals surface area (Å²) in [7, 11) is -2.83. The zero-order valence-electron chi connectivity index (χ0n) is 18.1. The van der Waals surface area contributed by atoms with Crippen molar-refractivity contribution in [2.75, 3.05) is 11.9 Å². The molecule has 2 aromatic rings. The van der Waals surface area contributed by atoms with Crippen LogP contribution in [0.25, 0.3) is 0 Å². The van der Waals surface area contributed by atoms with Crippen LogP contribution >= 0.6 is 11.6 Å². The third kappa shape index (κ3) is 3.27. The number of hydrogen-bond acceptors (Lipinski definition) is 7. The van der Waals surface area contributed by atoms with E-state index in [1.54, 1.807) is 33.8 Å². The first-order valence-electron chi connectivity index (χ1n) is 10.1. The number of aliphatic imine (C=N–C) groups is 1. The van der Waals surface area contributed by atoms with Crippen LogP contribution in [0.2, 0.25) is 5.02 Å². The number of amidine groups is 1. The van der Waals surface area contributed by atoms with E-state index >= 15 is 4.39 Å². The smallest absolute Gasteiger partial charge is 0.275 e. The lowest BCUT2D eigenvalue weighted by Crippen LogP contribution is -2.58. The van der Waals surface area contributed by atoms with Crippen molar-refractivity contribution in [2.45, 2.75) is 49.7 Å². The molecule has 3 atom stereocenters. The number of rotatable bonds is 3. The molecule has 4 rings (SSSR count). The first-order chi connectivity index (χ1) is 14.9. The number of anilines is 1. The van der Waals surface area contributed by atoms with Gasteiger partial charge in [0.2, 0.25) is 0 Å². The molecule has 2 aliphatic heterocycles. The SMILES string of the molecule is Cc1cc(Cl)cnc1C(=O)Nc1ccc(F)c([C@@]2(C)N=C(N)C(C)(C)[S@@]3(=O)=NCC[C@H]23)n1. The number of aryl methyl sites for hydroxylation is 1. The van der Waals surface area contributed by atoms with Gasteiger partial charge >= 0.3 is 0 Å². The minimum Gasteiger partial charge on any atom is -0.386 e. The fraction of sp³-hybridized carbons (Fsp3) is 0.429. The van der Waals surface area contributed by atoms with Crippen LogP contribution in [0.5, 0.6) is 0 Å². The number of nitrogens with zero attached hydrogens (tertiary/aromatic N) is 4. The van der Waals surface area contributed by atoms with Gasteiger partial charge in [0, 0.05) is 12.7 Å². The maximum atomic E-state index is 15.0. The highest BCUT2D eigenvalue weighted by atomic mass is 35.5. The topological polar surface area (TPSA) is 123 Å². The van der Waals surface area contributed by atoms with Gasteiger partial charge in [-0.05, 0) is 57.9 Å². The summed E-state index contributed by atoms with van der Waals surface area (Å²) in [4.78, 5) is 25.7. The van der Waals surface area contributed by atoms with Crippen molar-refractivity contribution in [3.05, 3.63) is 52.2 Å². The molecular formula is C21H24ClFN6O2S. The minimum absolute atomic E-state index is 0.0376. The van der Waals surface area contributed by atoms with Crippen molar-refractivity contribution < 1.29 is 13.4 Å². The van der Waals surface area contributed by atoms with Crippen LogP contribution in [0.3, 0.4) is 0 Å². The highest BCUT2D eigenvalue weighted by molar-refractivity contribution is 7.96. The molecule has 32 heavy (non-hydrogen) atoms. The van der Waals surface area contributed by atoms with E-state index in [9.17, 15) is 9.00 Å². The van der Waals surface area contributed by atoms with Gasteiger partial charge in [0.15, 0.2) is 0 Å². The van der Waals surface area contributed by atoms with Crippen LogP contribution in [0.15, 0.2) is 33.8 Å². The first kappa shape index (κ1) is 22.6. The van der Waals surface area contributed by atoms with Crippen molar-refractivity contribution in [3.63, 3.8) is 0 Å². The Kier molecular flexibility index (Phi) is 5.28. The predicted octanol–water partition coefficient (Wildman–Crippen LogP) is 3.43. The fourth-order valence-electron chi connectivity index (χ4n) is 4.30. The number of halogens is 2. The molecule has 0 radical (unpaired) electrons. The van der Waals surface area contributed by atoms with Crippen LogP contribution in [0, 0.1) is 12.7 Å². The lowest BCUT2D eigenvalue weighted by atomic mass is 9.89. The molecule has 4 heterocycles. The average Bonchev–Trinajstić information content (AvgIpc) is 3.13. The Morgan fingerprint density at radius 2 is 2.06 bits per heavy atom. The van der Waals surface area contributed by atoms with Gasteiger partial charge in [-0.15, -0.1) is 0 Å². The Hall–Kier alpha value is -2.59. The molecule has 11 heteroatoms. The molecule has 0 saturated heterocycles. The summed E-state index contributed by atoms with van der Waals surface area (Å²) in [6.45, 7) is 7.25. The van der Waals surface area contributed by atoms with Crippen molar-refractivity contribution in [2.24, 2.45) is 15.1 Å². The van der Waals surface area contributed by atoms with Crippen LogP contribution < -0.4 is 11.1 Å². The minimum atomic E-state index is -2.83. The van der Waals surface area contributed by atoms with Gasteiger partial charge in [0.25, 0.3) is 5.91 Å². The molecule has 0 aliphatic carbocycles. The van der Waals surface area contributed by atoms with Crippen LogP contribution in [-0.2, 0) is 15.3 Å². The van der Waals surface area contributed by atoms with Gasteiger partial charge in [0.05, 0.1) is 20.0 Å². The number of carbonyl (C=O) groups excluding carboxylic acids is 1. The second-order valence-electron chi connectivity index (χ2n) is 8.65. The van der Waals surface area contributed by atoms with Crippen LogP contribution in [0.1, 0.15) is 48.9 Å². The maximum Gasteiger partial charge on any atom is 0.275 e. The zero-order chi connectivity index (χ0) is 23.5. The van der Waals surface area contributed by atoms with E-state index in [-0.39, 0.29) is 23.0 Å². The molecule has 3 N–H and O–H groups in total. The standard InChI is InChI=1S/C21H24ClFN6O2S/c1-11-9-12(22)10-25-16(11)18(30)28-15-6-5-13(23)17(27-15)21(4)14-7-8-26-32(14,31)20(2,3)19(24)29-21/h5-6,9-10,14H,7-8H2,1-4H3,(H2,24,29)(H,27,28,30)/t14-,21+,32-/m1/s1. The Balaban J connectivity index is 1.76. The molecule has 0 bridgehead atoms. The summed E-state index contributed by atoms with van der Waals surface area (Å²) >= 11 is 5.91. The van der Waals surface area contributed by atoms with E-state index in [0.717, 1.165) is 0 Å². The maximum absolute atomic E-state index is 15.0. The van der Waals surface area contributed by atoms with E-state index in [1.807, 2.05) is 0 Å². The first-order valence-corrected chi connectivity index (χ1v) is 12.0. The third-order valence-corrected chi connectivity index (χ3v) is 10.1. The number of carbonyl (C=O) groups is 1. The number of amides is 1. The summed E-state index contributed by atoms with van der Waals surface area (Å²) in [5, 5.41) is 2.49. The number of hydrogen-bond donors (Lipinski definition) is 2. The quantitative estimate of drug-likeness (QED) is 0.699. The zero-order valence-corrected chi connectivity index (χ0v) is 19.7. The summed E-state index contributed by atoms with van der Waals surface area (Å²) < 4.78 is 32.4. The lowest BCUT2D eigenvalue weighted by molar-refractivity contribution is 0.102. The fourth-order valence-corrected chi connectivity index (χ4v) is 7.66. The number of nitrogens with one attached hydrogen (secondary N) is 1. The van der Waals surface area contributed by atoms with Crippen molar-refractivity contribution in [1.29, 1.82) is 0 Å². The molecule has 0 fully saturated rings. The molecule has 8 nitrogen and oxygen atoms in total.